The number of para-hydroxylation sites is 1. The van der Waals surface area contributed by atoms with Crippen LogP contribution in [0.25, 0.3) is 0 Å². The highest BCUT2D eigenvalue weighted by atomic mass is 35.5. The van der Waals surface area contributed by atoms with Gasteiger partial charge in [0.1, 0.15) is 5.82 Å². The molecule has 2 unspecified atom stereocenters. The van der Waals surface area contributed by atoms with Gasteiger partial charge >= 0.3 is 0 Å². The van der Waals surface area contributed by atoms with Crippen molar-refractivity contribution in [3.63, 3.8) is 0 Å². The summed E-state index contributed by atoms with van der Waals surface area (Å²) < 4.78 is 13.4. The van der Waals surface area contributed by atoms with Crippen molar-refractivity contribution >= 4 is 40.6 Å². The van der Waals surface area contributed by atoms with Gasteiger partial charge in [-0.15, -0.1) is 0 Å². The maximum atomic E-state index is 13.4. The predicted molar refractivity (Wildman–Crippen MR) is 96.9 cm³/mol. The zero-order valence-corrected chi connectivity index (χ0v) is 14.0. The van der Waals surface area contributed by atoms with Crippen molar-refractivity contribution in [3.05, 3.63) is 64.4 Å². The van der Waals surface area contributed by atoms with Crippen molar-refractivity contribution < 1.29 is 4.39 Å². The van der Waals surface area contributed by atoms with E-state index in [1.807, 2.05) is 30.5 Å². The summed E-state index contributed by atoms with van der Waals surface area (Å²) in [7, 11) is 0. The molecule has 1 saturated carbocycles. The van der Waals surface area contributed by atoms with Crippen LogP contribution in [0.2, 0.25) is 5.02 Å². The second-order valence-electron chi connectivity index (χ2n) is 6.28. The molecule has 0 bridgehead atoms. The Hall–Kier alpha value is -1.58. The molecule has 0 N–H and O–H groups in total. The van der Waals surface area contributed by atoms with E-state index < -0.39 is 0 Å². The third kappa shape index (κ3) is 2.34. The summed E-state index contributed by atoms with van der Waals surface area (Å²) in [4.78, 5) is 5.64. The molecule has 1 heterocycles. The van der Waals surface area contributed by atoms with Crippen molar-refractivity contribution in [1.82, 2.24) is 0 Å². The molecule has 1 fully saturated rings. The highest BCUT2D eigenvalue weighted by Crippen LogP contribution is 2.49. The number of hydrogen-bond acceptors (Lipinski definition) is 2. The van der Waals surface area contributed by atoms with E-state index in [4.69, 9.17) is 23.8 Å². The molecule has 2 aromatic rings. The van der Waals surface area contributed by atoms with E-state index in [0.717, 1.165) is 35.4 Å². The number of hydrogen-bond donors (Lipinski definition) is 0. The molecule has 2 aromatic carbocycles. The van der Waals surface area contributed by atoms with E-state index in [-0.39, 0.29) is 16.3 Å². The topological polar surface area (TPSA) is 12.4 Å². The van der Waals surface area contributed by atoms with Crippen LogP contribution in [0.3, 0.4) is 0 Å². The van der Waals surface area contributed by atoms with Gasteiger partial charge in [-0.3, -0.25) is 4.99 Å². The second kappa shape index (κ2) is 5.50. The summed E-state index contributed by atoms with van der Waals surface area (Å²) in [5.41, 5.74) is 3.02. The first-order valence-corrected chi connectivity index (χ1v) is 8.52. The lowest BCUT2D eigenvalue weighted by molar-refractivity contribution is 0.498. The van der Waals surface area contributed by atoms with Gasteiger partial charge in [-0.05, 0) is 54.5 Å². The van der Waals surface area contributed by atoms with Crippen LogP contribution in [0.15, 0.2) is 47.5 Å². The number of halogens is 2. The monoisotopic (exact) mass is 343 g/mol. The zero-order valence-electron chi connectivity index (χ0n) is 12.4. The quantitative estimate of drug-likeness (QED) is 0.599. The minimum absolute atomic E-state index is 0.185. The largest absolute Gasteiger partial charge is 0.260 e. The Morgan fingerprint density at radius 3 is 2.87 bits per heavy atom. The summed E-state index contributed by atoms with van der Waals surface area (Å²) in [6.45, 7) is 0. The normalized spacial score (nSPS) is 25.8. The molecule has 1 spiro atoms. The van der Waals surface area contributed by atoms with Gasteiger partial charge in [0.15, 0.2) is 0 Å². The van der Waals surface area contributed by atoms with Crippen LogP contribution in [-0.4, -0.2) is 11.1 Å². The third-order valence-electron chi connectivity index (χ3n) is 5.01. The average molecular weight is 344 g/mol. The number of fused-ring (bicyclic) bond motifs is 2. The predicted octanol–water partition coefficient (Wildman–Crippen LogP) is 5.77. The molecule has 1 nitrogen and oxygen atoms in total. The molecule has 0 saturated heterocycles. The third-order valence-corrected chi connectivity index (χ3v) is 5.87. The molecular formula is C19H15ClFNS. The van der Waals surface area contributed by atoms with Crippen LogP contribution < -0.4 is 0 Å². The molecule has 0 aromatic heterocycles. The van der Waals surface area contributed by atoms with Crippen molar-refractivity contribution in [2.45, 2.75) is 30.6 Å². The molecule has 4 heteroatoms. The van der Waals surface area contributed by atoms with Gasteiger partial charge in [-0.25, -0.2) is 4.39 Å². The molecule has 116 valence electrons. The molecule has 4 rings (SSSR count). The summed E-state index contributed by atoms with van der Waals surface area (Å²) in [6.07, 6.45) is 4.72. The highest BCUT2D eigenvalue weighted by Gasteiger charge is 2.44. The smallest absolute Gasteiger partial charge is 0.141 e. The summed E-state index contributed by atoms with van der Waals surface area (Å²) >= 11 is 11.7. The van der Waals surface area contributed by atoms with Crippen LogP contribution >= 0.6 is 23.8 Å². The van der Waals surface area contributed by atoms with Gasteiger partial charge in [0, 0.05) is 11.1 Å². The van der Waals surface area contributed by atoms with E-state index in [9.17, 15) is 4.39 Å². The van der Waals surface area contributed by atoms with Crippen molar-refractivity contribution in [3.8, 4) is 0 Å². The Bertz CT molecular complexity index is 832. The molecular weight excluding hydrogens is 329 g/mol. The van der Waals surface area contributed by atoms with Gasteiger partial charge in [0.25, 0.3) is 0 Å². The lowest BCUT2D eigenvalue weighted by Crippen LogP contribution is -2.40. The van der Waals surface area contributed by atoms with E-state index in [0.29, 0.717) is 5.92 Å². The van der Waals surface area contributed by atoms with E-state index in [2.05, 4.69) is 11.1 Å². The number of benzene rings is 2. The van der Waals surface area contributed by atoms with Crippen LogP contribution in [0.4, 0.5) is 10.1 Å². The maximum absolute atomic E-state index is 13.4. The fourth-order valence-corrected chi connectivity index (χ4v) is 4.33. The molecule has 0 radical (unpaired) electrons. The minimum atomic E-state index is -0.371. The SMILES string of the molecule is Fc1ccc(C2CCC(=S)C3(C=Nc4ccccc43)C2)cc1Cl. The van der Waals surface area contributed by atoms with Gasteiger partial charge in [-0.1, -0.05) is 48.1 Å². The second-order valence-corrected chi connectivity index (χ2v) is 7.18. The minimum Gasteiger partial charge on any atom is -0.260 e. The van der Waals surface area contributed by atoms with E-state index in [1.54, 1.807) is 6.07 Å². The lowest BCUT2D eigenvalue weighted by atomic mass is 9.65. The first-order chi connectivity index (χ1) is 11.1. The highest BCUT2D eigenvalue weighted by molar-refractivity contribution is 7.80. The Balaban J connectivity index is 1.74. The Labute approximate surface area is 145 Å². The Kier molecular flexibility index (Phi) is 3.58. The van der Waals surface area contributed by atoms with Crippen molar-refractivity contribution in [2.24, 2.45) is 4.99 Å². The van der Waals surface area contributed by atoms with Gasteiger partial charge in [-0.2, -0.15) is 0 Å². The Morgan fingerprint density at radius 1 is 1.22 bits per heavy atom. The van der Waals surface area contributed by atoms with Crippen LogP contribution in [0, 0.1) is 5.82 Å². The zero-order chi connectivity index (χ0) is 16.0. The van der Waals surface area contributed by atoms with Crippen LogP contribution in [-0.2, 0) is 5.41 Å². The number of nitrogens with zero attached hydrogens (tertiary/aromatic N) is 1. The summed E-state index contributed by atoms with van der Waals surface area (Å²) in [6, 6.07) is 13.2. The van der Waals surface area contributed by atoms with Gasteiger partial charge in [0.2, 0.25) is 0 Å². The molecule has 0 amide bonds. The Morgan fingerprint density at radius 2 is 2.04 bits per heavy atom. The molecule has 1 aliphatic carbocycles. The van der Waals surface area contributed by atoms with Crippen LogP contribution in [0.1, 0.15) is 36.3 Å². The molecule has 23 heavy (non-hydrogen) atoms. The fraction of sp³-hybridized carbons (Fsp3) is 0.263. The lowest BCUT2D eigenvalue weighted by Gasteiger charge is -2.38. The van der Waals surface area contributed by atoms with Gasteiger partial charge < -0.3 is 0 Å². The van der Waals surface area contributed by atoms with Crippen molar-refractivity contribution in [2.75, 3.05) is 0 Å². The van der Waals surface area contributed by atoms with Gasteiger partial charge in [0.05, 0.1) is 16.1 Å². The molecule has 2 aliphatic rings. The van der Waals surface area contributed by atoms with E-state index in [1.165, 1.54) is 11.6 Å². The average Bonchev–Trinajstić information content (AvgIpc) is 2.93. The molecule has 1 aliphatic heterocycles. The van der Waals surface area contributed by atoms with E-state index >= 15 is 0 Å². The number of thiocarbonyl (C=S) groups is 1. The first kappa shape index (κ1) is 15.0. The maximum Gasteiger partial charge on any atom is 0.141 e. The summed E-state index contributed by atoms with van der Waals surface area (Å²) in [5, 5.41) is 0.185. The number of aliphatic imine (C=N–C) groups is 1. The summed E-state index contributed by atoms with van der Waals surface area (Å²) in [5.74, 6) is -0.0679. The van der Waals surface area contributed by atoms with Crippen LogP contribution in [0.5, 0.6) is 0 Å². The first-order valence-electron chi connectivity index (χ1n) is 7.73. The molecule has 2 atom stereocenters. The number of rotatable bonds is 1. The van der Waals surface area contributed by atoms with Crippen molar-refractivity contribution in [1.29, 1.82) is 0 Å². The fourth-order valence-electron chi connectivity index (χ4n) is 3.78. The standard InChI is InChI=1S/C19H15ClFNS/c20-15-9-12(5-7-16(15)21)13-6-8-18(23)19(10-13)11-22-17-4-2-1-3-14(17)19/h1-5,7,9,11,13H,6,8,10H2.